The zero-order chi connectivity index (χ0) is 19.2. The van der Waals surface area contributed by atoms with Crippen LogP contribution in [0.25, 0.3) is 11.4 Å². The molecule has 140 valence electrons. The Labute approximate surface area is 177 Å². The first-order valence-corrected chi connectivity index (χ1v) is 11.5. The van der Waals surface area contributed by atoms with Crippen LogP contribution in [0.1, 0.15) is 0 Å². The van der Waals surface area contributed by atoms with Crippen molar-refractivity contribution in [1.29, 1.82) is 0 Å². The van der Waals surface area contributed by atoms with Crippen LogP contribution < -0.4 is 5.32 Å². The summed E-state index contributed by atoms with van der Waals surface area (Å²) < 4.78 is 3.57. The Morgan fingerprint density at radius 2 is 2.15 bits per heavy atom. The number of benzene rings is 1. The highest BCUT2D eigenvalue weighted by molar-refractivity contribution is 9.10. The van der Waals surface area contributed by atoms with E-state index in [2.05, 4.69) is 48.1 Å². The molecule has 0 aliphatic carbocycles. The van der Waals surface area contributed by atoms with Gasteiger partial charge in [0.2, 0.25) is 16.2 Å². The van der Waals surface area contributed by atoms with Crippen molar-refractivity contribution in [2.24, 2.45) is 0 Å². The molecule has 0 aliphatic rings. The van der Waals surface area contributed by atoms with Gasteiger partial charge in [0.25, 0.3) is 0 Å². The number of nitrogens with zero attached hydrogens (tertiary/aromatic N) is 5. The van der Waals surface area contributed by atoms with Crippen LogP contribution >= 0.6 is 50.8 Å². The molecule has 0 saturated carbocycles. The lowest BCUT2D eigenvalue weighted by molar-refractivity contribution is -0.113. The highest BCUT2D eigenvalue weighted by Crippen LogP contribution is 2.25. The number of rotatable bonds is 8. The molecule has 2 aromatic heterocycles. The minimum absolute atomic E-state index is 0.172. The topological polar surface area (TPSA) is 85.6 Å². The van der Waals surface area contributed by atoms with E-state index < -0.39 is 0 Å². The van der Waals surface area contributed by atoms with E-state index in [-0.39, 0.29) is 11.7 Å². The summed E-state index contributed by atoms with van der Waals surface area (Å²) in [5.41, 5.74) is 0.947. The largest absolute Gasteiger partial charge is 0.300 e. The van der Waals surface area contributed by atoms with Gasteiger partial charge >= 0.3 is 0 Å². The van der Waals surface area contributed by atoms with Crippen molar-refractivity contribution in [2.75, 3.05) is 17.3 Å². The molecule has 1 amide bonds. The van der Waals surface area contributed by atoms with E-state index in [4.69, 9.17) is 0 Å². The van der Waals surface area contributed by atoms with Crippen LogP contribution in [0.3, 0.4) is 0 Å². The predicted octanol–water partition coefficient (Wildman–Crippen LogP) is 4.20. The maximum absolute atomic E-state index is 12.1. The molecule has 3 aromatic rings. The second kappa shape index (κ2) is 9.49. The van der Waals surface area contributed by atoms with Gasteiger partial charge in [0.05, 0.1) is 12.3 Å². The molecule has 7 nitrogen and oxygen atoms in total. The minimum Gasteiger partial charge on any atom is -0.300 e. The SMILES string of the molecule is C=CCn1nc(SCC(=O)Nc2nnc(SC)s2)nc1-c1ccc(Br)cc1. The molecule has 0 spiro atoms. The Morgan fingerprint density at radius 3 is 2.81 bits per heavy atom. The van der Waals surface area contributed by atoms with Gasteiger partial charge in [-0.25, -0.2) is 9.67 Å². The van der Waals surface area contributed by atoms with E-state index in [9.17, 15) is 4.79 Å². The molecule has 0 saturated heterocycles. The first kappa shape index (κ1) is 20.1. The maximum atomic E-state index is 12.1. The Morgan fingerprint density at radius 1 is 1.37 bits per heavy atom. The zero-order valence-electron chi connectivity index (χ0n) is 14.3. The highest BCUT2D eigenvalue weighted by Gasteiger charge is 2.14. The Balaban J connectivity index is 1.67. The second-order valence-corrected chi connectivity index (χ2v) is 9.00. The fourth-order valence-corrected chi connectivity index (χ4v) is 4.16. The van der Waals surface area contributed by atoms with Crippen LogP contribution in [0, 0.1) is 0 Å². The third kappa shape index (κ3) is 5.41. The third-order valence-corrected chi connectivity index (χ3v) is 6.40. The van der Waals surface area contributed by atoms with Crippen molar-refractivity contribution in [2.45, 2.75) is 16.0 Å². The number of carbonyl (C=O) groups excluding carboxylic acids is 1. The number of allylic oxidation sites excluding steroid dienone is 1. The number of aromatic nitrogens is 5. The van der Waals surface area contributed by atoms with Crippen molar-refractivity contribution in [3.05, 3.63) is 41.4 Å². The van der Waals surface area contributed by atoms with Gasteiger partial charge in [0.15, 0.2) is 10.2 Å². The van der Waals surface area contributed by atoms with Gasteiger partial charge in [-0.3, -0.25) is 10.1 Å². The number of carbonyl (C=O) groups is 1. The van der Waals surface area contributed by atoms with E-state index in [0.717, 1.165) is 20.2 Å². The molecule has 0 atom stereocenters. The molecule has 0 aliphatic heterocycles. The van der Waals surface area contributed by atoms with Gasteiger partial charge in [-0.15, -0.1) is 21.9 Å². The lowest BCUT2D eigenvalue weighted by atomic mass is 10.2. The molecule has 0 unspecified atom stereocenters. The summed E-state index contributed by atoms with van der Waals surface area (Å²) in [7, 11) is 0. The van der Waals surface area contributed by atoms with E-state index in [1.165, 1.54) is 34.9 Å². The van der Waals surface area contributed by atoms with Crippen molar-refractivity contribution >= 4 is 61.8 Å². The molecule has 1 N–H and O–H groups in total. The minimum atomic E-state index is -0.172. The average molecular weight is 483 g/mol. The van der Waals surface area contributed by atoms with Crippen molar-refractivity contribution in [3.8, 4) is 11.4 Å². The quantitative estimate of drug-likeness (QED) is 0.292. The monoisotopic (exact) mass is 482 g/mol. The zero-order valence-corrected chi connectivity index (χ0v) is 18.3. The molecule has 1 aromatic carbocycles. The third-order valence-electron chi connectivity index (χ3n) is 3.22. The smallest absolute Gasteiger partial charge is 0.236 e. The maximum Gasteiger partial charge on any atom is 0.236 e. The molecule has 11 heteroatoms. The summed E-state index contributed by atoms with van der Waals surface area (Å²) in [6, 6.07) is 7.84. The highest BCUT2D eigenvalue weighted by atomic mass is 79.9. The Bertz CT molecular complexity index is 940. The molecule has 0 radical (unpaired) electrons. The van der Waals surface area contributed by atoms with Crippen LogP contribution in [-0.2, 0) is 11.3 Å². The van der Waals surface area contributed by atoms with Gasteiger partial charge in [-0.05, 0) is 18.4 Å². The van der Waals surface area contributed by atoms with Gasteiger partial charge in [0, 0.05) is 10.0 Å². The van der Waals surface area contributed by atoms with Crippen LogP contribution in [-0.4, -0.2) is 42.9 Å². The fourth-order valence-electron chi connectivity index (χ4n) is 2.07. The van der Waals surface area contributed by atoms with Crippen molar-refractivity contribution < 1.29 is 4.79 Å². The van der Waals surface area contributed by atoms with Crippen LogP contribution in [0.4, 0.5) is 5.13 Å². The second-order valence-electron chi connectivity index (χ2n) is 5.11. The Hall–Kier alpha value is -1.69. The summed E-state index contributed by atoms with van der Waals surface area (Å²) in [6.45, 7) is 4.30. The van der Waals surface area contributed by atoms with Crippen LogP contribution in [0.15, 0.2) is 50.9 Å². The number of hydrogen-bond acceptors (Lipinski definition) is 8. The molecular formula is C16H15BrN6OS3. The molecule has 27 heavy (non-hydrogen) atoms. The molecule has 0 fully saturated rings. The molecule has 0 bridgehead atoms. The van der Waals surface area contributed by atoms with E-state index in [1.807, 2.05) is 30.5 Å². The van der Waals surface area contributed by atoms with Gasteiger partial charge in [-0.1, -0.05) is 69.0 Å². The Kier molecular flexibility index (Phi) is 7.05. The number of nitrogens with one attached hydrogen (secondary N) is 1. The number of hydrogen-bond donors (Lipinski definition) is 1. The van der Waals surface area contributed by atoms with Gasteiger partial charge in [0.1, 0.15) is 0 Å². The van der Waals surface area contributed by atoms with Gasteiger partial charge in [-0.2, -0.15) is 0 Å². The molecular weight excluding hydrogens is 468 g/mol. The first-order valence-electron chi connectivity index (χ1n) is 7.71. The van der Waals surface area contributed by atoms with E-state index >= 15 is 0 Å². The summed E-state index contributed by atoms with van der Waals surface area (Å²) in [5, 5.41) is 16.1. The predicted molar refractivity (Wildman–Crippen MR) is 114 cm³/mol. The standard InChI is InChI=1S/C16H15BrN6OS3/c1-3-8-23-13(10-4-6-11(17)7-5-10)19-15(22-23)26-9-12(24)18-14-20-21-16(25-2)27-14/h3-7H,1,8-9H2,2H3,(H,18,20,24). The lowest BCUT2D eigenvalue weighted by Crippen LogP contribution is -2.14. The summed E-state index contributed by atoms with van der Waals surface area (Å²) in [5.74, 6) is 0.750. The van der Waals surface area contributed by atoms with E-state index in [0.29, 0.717) is 16.8 Å². The first-order chi connectivity index (χ1) is 13.1. The van der Waals surface area contributed by atoms with Crippen molar-refractivity contribution in [3.63, 3.8) is 0 Å². The van der Waals surface area contributed by atoms with Crippen LogP contribution in [0.2, 0.25) is 0 Å². The molecule has 2 heterocycles. The van der Waals surface area contributed by atoms with Gasteiger partial charge < -0.3 is 0 Å². The number of halogens is 1. The lowest BCUT2D eigenvalue weighted by Gasteiger charge is -2.02. The average Bonchev–Trinajstić information content (AvgIpc) is 3.28. The van der Waals surface area contributed by atoms with Crippen molar-refractivity contribution in [1.82, 2.24) is 25.0 Å². The summed E-state index contributed by atoms with van der Waals surface area (Å²) >= 11 is 7.53. The number of thioether (sulfide) groups is 2. The summed E-state index contributed by atoms with van der Waals surface area (Å²) in [6.07, 6.45) is 3.67. The number of amides is 1. The summed E-state index contributed by atoms with van der Waals surface area (Å²) in [4.78, 5) is 16.7. The molecule has 3 rings (SSSR count). The van der Waals surface area contributed by atoms with E-state index in [1.54, 1.807) is 10.8 Å². The normalized spacial score (nSPS) is 10.7. The number of anilines is 1. The van der Waals surface area contributed by atoms with Crippen LogP contribution in [0.5, 0.6) is 0 Å². The fraction of sp³-hybridized carbons (Fsp3) is 0.188.